The zero-order valence-corrected chi connectivity index (χ0v) is 10.9. The summed E-state index contributed by atoms with van der Waals surface area (Å²) in [4.78, 5) is 12.0. The molecular weight excluding hydrogens is 284 g/mol. The van der Waals surface area contributed by atoms with E-state index in [1.54, 1.807) is 12.1 Å². The van der Waals surface area contributed by atoms with Gasteiger partial charge in [0, 0.05) is 17.1 Å². The first-order valence-corrected chi connectivity index (χ1v) is 6.40. The minimum absolute atomic E-state index is 0.0147. The van der Waals surface area contributed by atoms with E-state index < -0.39 is 0 Å². The molecule has 0 aromatic heterocycles. The Morgan fingerprint density at radius 1 is 1.59 bits per heavy atom. The predicted octanol–water partition coefficient (Wildman–Crippen LogP) is 1.62. The largest absolute Gasteiger partial charge is 0.507 e. The van der Waals surface area contributed by atoms with Crippen LogP contribution in [0.1, 0.15) is 23.2 Å². The van der Waals surface area contributed by atoms with Crippen molar-refractivity contribution in [2.45, 2.75) is 18.9 Å². The van der Waals surface area contributed by atoms with E-state index in [0.29, 0.717) is 12.5 Å². The monoisotopic (exact) mass is 298 g/mol. The van der Waals surface area contributed by atoms with Gasteiger partial charge in [-0.2, -0.15) is 0 Å². The van der Waals surface area contributed by atoms with Crippen molar-refractivity contribution in [1.29, 1.82) is 0 Å². The van der Waals surface area contributed by atoms with E-state index in [2.05, 4.69) is 21.2 Å². The molecule has 0 aliphatic heterocycles. The molecule has 1 aliphatic carbocycles. The number of hydrogen-bond donors (Lipinski definition) is 3. The molecular formula is C12H15BrN2O2. The SMILES string of the molecule is NCC(NC(=O)c1cc(Br)ccc1O)C1CC1. The third-order valence-electron chi connectivity index (χ3n) is 2.96. The molecule has 5 heteroatoms. The molecule has 2 rings (SSSR count). The van der Waals surface area contributed by atoms with Crippen LogP contribution in [0.3, 0.4) is 0 Å². The van der Waals surface area contributed by atoms with Gasteiger partial charge in [0.05, 0.1) is 5.56 Å². The highest BCUT2D eigenvalue weighted by molar-refractivity contribution is 9.10. The fourth-order valence-electron chi connectivity index (χ4n) is 1.80. The maximum atomic E-state index is 12.0. The van der Waals surface area contributed by atoms with Crippen LogP contribution in [0.4, 0.5) is 0 Å². The summed E-state index contributed by atoms with van der Waals surface area (Å²) in [5.74, 6) is 0.210. The summed E-state index contributed by atoms with van der Waals surface area (Å²) in [5.41, 5.74) is 5.90. The number of halogens is 1. The Hall–Kier alpha value is -1.07. The van der Waals surface area contributed by atoms with Crippen LogP contribution in [-0.2, 0) is 0 Å². The van der Waals surface area contributed by atoms with Crippen molar-refractivity contribution in [3.63, 3.8) is 0 Å². The van der Waals surface area contributed by atoms with Crippen molar-refractivity contribution < 1.29 is 9.90 Å². The van der Waals surface area contributed by atoms with E-state index in [9.17, 15) is 9.90 Å². The molecule has 1 aromatic carbocycles. The van der Waals surface area contributed by atoms with Gasteiger partial charge in [0.2, 0.25) is 0 Å². The highest BCUT2D eigenvalue weighted by atomic mass is 79.9. The highest BCUT2D eigenvalue weighted by Gasteiger charge is 2.31. The van der Waals surface area contributed by atoms with Crippen LogP contribution in [0.25, 0.3) is 0 Å². The Morgan fingerprint density at radius 3 is 2.88 bits per heavy atom. The number of benzene rings is 1. The van der Waals surface area contributed by atoms with Gasteiger partial charge in [-0.15, -0.1) is 0 Å². The number of rotatable bonds is 4. The third-order valence-corrected chi connectivity index (χ3v) is 3.46. The smallest absolute Gasteiger partial charge is 0.255 e. The Bertz CT molecular complexity index is 433. The quantitative estimate of drug-likeness (QED) is 0.791. The molecule has 4 N–H and O–H groups in total. The van der Waals surface area contributed by atoms with Crippen LogP contribution in [0, 0.1) is 5.92 Å². The molecule has 1 unspecified atom stereocenters. The van der Waals surface area contributed by atoms with Crippen LogP contribution < -0.4 is 11.1 Å². The molecule has 1 atom stereocenters. The Labute approximate surface area is 108 Å². The summed E-state index contributed by atoms with van der Waals surface area (Å²) in [6.07, 6.45) is 2.24. The molecule has 1 amide bonds. The first-order valence-electron chi connectivity index (χ1n) is 5.61. The van der Waals surface area contributed by atoms with Gasteiger partial charge in [-0.1, -0.05) is 15.9 Å². The van der Waals surface area contributed by atoms with Crippen molar-refractivity contribution in [2.75, 3.05) is 6.54 Å². The standard InChI is InChI=1S/C12H15BrN2O2/c13-8-3-4-11(16)9(5-8)12(17)15-10(6-14)7-1-2-7/h3-5,7,10,16H,1-2,6,14H2,(H,15,17). The van der Waals surface area contributed by atoms with E-state index in [1.807, 2.05) is 0 Å². The molecule has 0 bridgehead atoms. The fraction of sp³-hybridized carbons (Fsp3) is 0.417. The minimum Gasteiger partial charge on any atom is -0.507 e. The zero-order chi connectivity index (χ0) is 12.4. The molecule has 1 saturated carbocycles. The number of hydrogen-bond acceptors (Lipinski definition) is 3. The van der Waals surface area contributed by atoms with Crippen molar-refractivity contribution in [3.8, 4) is 5.75 Å². The Morgan fingerprint density at radius 2 is 2.29 bits per heavy atom. The molecule has 0 radical (unpaired) electrons. The van der Waals surface area contributed by atoms with Crippen LogP contribution in [0.15, 0.2) is 22.7 Å². The van der Waals surface area contributed by atoms with Crippen LogP contribution in [0.5, 0.6) is 5.75 Å². The van der Waals surface area contributed by atoms with Crippen LogP contribution >= 0.6 is 15.9 Å². The first kappa shape index (κ1) is 12.4. The highest BCUT2D eigenvalue weighted by Crippen LogP contribution is 2.32. The van der Waals surface area contributed by atoms with Gasteiger partial charge in [0.15, 0.2) is 0 Å². The van der Waals surface area contributed by atoms with E-state index in [1.165, 1.54) is 6.07 Å². The van der Waals surface area contributed by atoms with Crippen molar-refractivity contribution >= 4 is 21.8 Å². The summed E-state index contributed by atoms with van der Waals surface area (Å²) in [6, 6.07) is 4.80. The van der Waals surface area contributed by atoms with Crippen LogP contribution in [-0.4, -0.2) is 23.6 Å². The van der Waals surface area contributed by atoms with Crippen LogP contribution in [0.2, 0.25) is 0 Å². The lowest BCUT2D eigenvalue weighted by Crippen LogP contribution is -2.41. The number of carbonyl (C=O) groups is 1. The number of amides is 1. The molecule has 0 heterocycles. The number of carbonyl (C=O) groups excluding carboxylic acids is 1. The molecule has 17 heavy (non-hydrogen) atoms. The lowest BCUT2D eigenvalue weighted by Gasteiger charge is -2.16. The normalized spacial score (nSPS) is 16.6. The molecule has 4 nitrogen and oxygen atoms in total. The second-order valence-corrected chi connectivity index (χ2v) is 5.23. The summed E-state index contributed by atoms with van der Waals surface area (Å²) < 4.78 is 0.760. The first-order chi connectivity index (χ1) is 8.11. The summed E-state index contributed by atoms with van der Waals surface area (Å²) in [6.45, 7) is 0.436. The van der Waals surface area contributed by atoms with Gasteiger partial charge in [-0.25, -0.2) is 0 Å². The number of phenols is 1. The van der Waals surface area contributed by atoms with Gasteiger partial charge in [0.1, 0.15) is 5.75 Å². The van der Waals surface area contributed by atoms with Crippen molar-refractivity contribution in [2.24, 2.45) is 11.7 Å². The van der Waals surface area contributed by atoms with E-state index in [4.69, 9.17) is 5.73 Å². The molecule has 1 fully saturated rings. The summed E-state index contributed by atoms with van der Waals surface area (Å²) >= 11 is 3.27. The third kappa shape index (κ3) is 2.98. The average molecular weight is 299 g/mol. The predicted molar refractivity (Wildman–Crippen MR) is 68.8 cm³/mol. The van der Waals surface area contributed by atoms with E-state index in [0.717, 1.165) is 17.3 Å². The van der Waals surface area contributed by atoms with Gasteiger partial charge in [-0.3, -0.25) is 4.79 Å². The number of aromatic hydroxyl groups is 1. The van der Waals surface area contributed by atoms with Gasteiger partial charge in [-0.05, 0) is 37.0 Å². The Balaban J connectivity index is 2.10. The van der Waals surface area contributed by atoms with Gasteiger partial charge >= 0.3 is 0 Å². The second-order valence-electron chi connectivity index (χ2n) is 4.31. The average Bonchev–Trinajstić information content (AvgIpc) is 3.13. The molecule has 1 aromatic rings. The minimum atomic E-state index is -0.272. The fourth-order valence-corrected chi connectivity index (χ4v) is 2.17. The maximum Gasteiger partial charge on any atom is 0.255 e. The van der Waals surface area contributed by atoms with E-state index in [-0.39, 0.29) is 23.3 Å². The molecule has 0 saturated heterocycles. The van der Waals surface area contributed by atoms with Gasteiger partial charge < -0.3 is 16.2 Å². The lowest BCUT2D eigenvalue weighted by atomic mass is 10.1. The maximum absolute atomic E-state index is 12.0. The molecule has 1 aliphatic rings. The lowest BCUT2D eigenvalue weighted by molar-refractivity contribution is 0.0930. The number of nitrogens with one attached hydrogen (secondary N) is 1. The molecule has 0 spiro atoms. The second kappa shape index (κ2) is 5.06. The number of phenolic OH excluding ortho intramolecular Hbond substituents is 1. The Kier molecular flexibility index (Phi) is 3.69. The number of nitrogens with two attached hydrogens (primary N) is 1. The van der Waals surface area contributed by atoms with Crippen molar-refractivity contribution in [3.05, 3.63) is 28.2 Å². The van der Waals surface area contributed by atoms with Crippen molar-refractivity contribution in [1.82, 2.24) is 5.32 Å². The molecule has 92 valence electrons. The van der Waals surface area contributed by atoms with E-state index >= 15 is 0 Å². The van der Waals surface area contributed by atoms with Gasteiger partial charge in [0.25, 0.3) is 5.91 Å². The summed E-state index contributed by atoms with van der Waals surface area (Å²) in [5, 5.41) is 12.5. The topological polar surface area (TPSA) is 75.3 Å². The summed E-state index contributed by atoms with van der Waals surface area (Å²) in [7, 11) is 0. The zero-order valence-electron chi connectivity index (χ0n) is 9.32.